The molecular formula is C19H15NO2. The normalized spacial score (nSPS) is 11.3. The lowest BCUT2D eigenvalue weighted by molar-refractivity contribution is 0.469. The highest BCUT2D eigenvalue weighted by molar-refractivity contribution is 6.11. The lowest BCUT2D eigenvalue weighted by Gasteiger charge is -2.03. The van der Waals surface area contributed by atoms with Crippen molar-refractivity contribution in [3.63, 3.8) is 0 Å². The summed E-state index contributed by atoms with van der Waals surface area (Å²) in [5.41, 5.74) is 10.8. The summed E-state index contributed by atoms with van der Waals surface area (Å²) in [6.45, 7) is 2.00. The van der Waals surface area contributed by atoms with Crippen LogP contribution in [0.2, 0.25) is 0 Å². The van der Waals surface area contributed by atoms with Crippen molar-refractivity contribution in [2.24, 2.45) is 0 Å². The number of benzene rings is 3. The first-order valence-electron chi connectivity index (χ1n) is 7.14. The molecule has 0 spiro atoms. The zero-order valence-electron chi connectivity index (χ0n) is 12.1. The first kappa shape index (κ1) is 12.8. The molecule has 3 aromatic carbocycles. The lowest BCUT2D eigenvalue weighted by Crippen LogP contribution is -1.85. The molecule has 0 unspecified atom stereocenters. The van der Waals surface area contributed by atoms with Crippen LogP contribution in [-0.2, 0) is 0 Å². The molecule has 4 rings (SSSR count). The number of nitrogen functional groups attached to an aromatic ring is 1. The van der Waals surface area contributed by atoms with E-state index in [1.54, 1.807) is 6.07 Å². The molecule has 3 heteroatoms. The van der Waals surface area contributed by atoms with Gasteiger partial charge in [0.05, 0.1) is 5.69 Å². The SMILES string of the molecule is Cc1cc(N)c2oc3c(O)cc(-c4ccccc4)cc3c2c1. The molecule has 0 aliphatic heterocycles. The molecule has 1 heterocycles. The number of aryl methyl sites for hydroxylation is 1. The molecule has 0 fully saturated rings. The number of phenols is 1. The zero-order valence-corrected chi connectivity index (χ0v) is 12.1. The van der Waals surface area contributed by atoms with Crippen molar-refractivity contribution in [3.05, 3.63) is 60.2 Å². The Morgan fingerprint density at radius 2 is 1.59 bits per heavy atom. The van der Waals surface area contributed by atoms with Gasteiger partial charge in [-0.25, -0.2) is 0 Å². The van der Waals surface area contributed by atoms with Crippen molar-refractivity contribution in [2.45, 2.75) is 6.92 Å². The molecule has 0 atom stereocenters. The van der Waals surface area contributed by atoms with Crippen LogP contribution in [0.1, 0.15) is 5.56 Å². The van der Waals surface area contributed by atoms with E-state index < -0.39 is 0 Å². The van der Waals surface area contributed by atoms with Crippen LogP contribution in [0.4, 0.5) is 5.69 Å². The monoisotopic (exact) mass is 289 g/mol. The van der Waals surface area contributed by atoms with Gasteiger partial charge in [0, 0.05) is 10.8 Å². The summed E-state index contributed by atoms with van der Waals surface area (Å²) in [5, 5.41) is 12.2. The average Bonchev–Trinajstić information content (AvgIpc) is 2.88. The van der Waals surface area contributed by atoms with Gasteiger partial charge in [0.1, 0.15) is 0 Å². The first-order chi connectivity index (χ1) is 10.6. The minimum Gasteiger partial charge on any atom is -0.504 e. The van der Waals surface area contributed by atoms with E-state index in [4.69, 9.17) is 10.2 Å². The van der Waals surface area contributed by atoms with Gasteiger partial charge in [-0.3, -0.25) is 0 Å². The minimum absolute atomic E-state index is 0.129. The van der Waals surface area contributed by atoms with Gasteiger partial charge in [0.2, 0.25) is 0 Å². The molecule has 0 amide bonds. The van der Waals surface area contributed by atoms with Crippen LogP contribution in [0.25, 0.3) is 33.1 Å². The molecule has 0 aliphatic carbocycles. The van der Waals surface area contributed by atoms with Crippen LogP contribution in [-0.4, -0.2) is 5.11 Å². The van der Waals surface area contributed by atoms with E-state index in [9.17, 15) is 5.11 Å². The number of phenolic OH excluding ortho intramolecular Hbond substituents is 1. The molecule has 0 aliphatic rings. The van der Waals surface area contributed by atoms with Gasteiger partial charge in [-0.1, -0.05) is 30.3 Å². The van der Waals surface area contributed by atoms with Gasteiger partial charge in [-0.15, -0.1) is 0 Å². The Bertz CT molecular complexity index is 1000. The van der Waals surface area contributed by atoms with Gasteiger partial charge in [-0.05, 0) is 47.9 Å². The largest absolute Gasteiger partial charge is 0.504 e. The van der Waals surface area contributed by atoms with Gasteiger partial charge in [0.15, 0.2) is 16.9 Å². The molecule has 4 aromatic rings. The third kappa shape index (κ3) is 1.83. The van der Waals surface area contributed by atoms with Gasteiger partial charge < -0.3 is 15.3 Å². The van der Waals surface area contributed by atoms with Crippen molar-refractivity contribution in [2.75, 3.05) is 5.73 Å². The summed E-state index contributed by atoms with van der Waals surface area (Å²) >= 11 is 0. The molecule has 3 N–H and O–H groups in total. The molecule has 1 aromatic heterocycles. The Labute approximate surface area is 127 Å². The summed E-state index contributed by atoms with van der Waals surface area (Å²) in [7, 11) is 0. The highest BCUT2D eigenvalue weighted by atomic mass is 16.4. The van der Waals surface area contributed by atoms with Crippen molar-refractivity contribution < 1.29 is 9.52 Å². The van der Waals surface area contributed by atoms with Crippen molar-refractivity contribution >= 4 is 27.6 Å². The molecule has 3 nitrogen and oxygen atoms in total. The Balaban J connectivity index is 2.10. The van der Waals surface area contributed by atoms with Crippen LogP contribution < -0.4 is 5.73 Å². The Morgan fingerprint density at radius 3 is 2.36 bits per heavy atom. The standard InChI is InChI=1S/C19H15NO2/c1-11-7-14-15-9-13(12-5-3-2-4-6-12)10-17(21)19(15)22-18(14)16(20)8-11/h2-10,21H,20H2,1H3. The van der Waals surface area contributed by atoms with Gasteiger partial charge in [0.25, 0.3) is 0 Å². The number of furan rings is 1. The highest BCUT2D eigenvalue weighted by Gasteiger charge is 2.15. The number of hydrogen-bond donors (Lipinski definition) is 2. The fourth-order valence-corrected chi connectivity index (χ4v) is 2.94. The third-order valence-electron chi connectivity index (χ3n) is 3.93. The molecule has 0 saturated carbocycles. The summed E-state index contributed by atoms with van der Waals surface area (Å²) in [5.74, 6) is 0.129. The Morgan fingerprint density at radius 1 is 0.864 bits per heavy atom. The van der Waals surface area contributed by atoms with E-state index in [1.807, 2.05) is 55.5 Å². The van der Waals surface area contributed by atoms with Crippen molar-refractivity contribution in [1.82, 2.24) is 0 Å². The van der Waals surface area contributed by atoms with Crippen LogP contribution in [0, 0.1) is 6.92 Å². The third-order valence-corrected chi connectivity index (χ3v) is 3.93. The van der Waals surface area contributed by atoms with E-state index in [-0.39, 0.29) is 5.75 Å². The quantitative estimate of drug-likeness (QED) is 0.492. The second kappa shape index (κ2) is 4.53. The van der Waals surface area contributed by atoms with Gasteiger partial charge >= 0.3 is 0 Å². The predicted molar refractivity (Wildman–Crippen MR) is 90.0 cm³/mol. The van der Waals surface area contributed by atoms with Crippen LogP contribution in [0.3, 0.4) is 0 Å². The maximum atomic E-state index is 10.3. The van der Waals surface area contributed by atoms with Crippen molar-refractivity contribution in [3.8, 4) is 16.9 Å². The van der Waals surface area contributed by atoms with E-state index in [2.05, 4.69) is 0 Å². The van der Waals surface area contributed by atoms with E-state index in [0.29, 0.717) is 16.9 Å². The maximum absolute atomic E-state index is 10.3. The summed E-state index contributed by atoms with van der Waals surface area (Å²) in [4.78, 5) is 0. The highest BCUT2D eigenvalue weighted by Crippen LogP contribution is 2.40. The topological polar surface area (TPSA) is 59.4 Å². The molecule has 108 valence electrons. The number of anilines is 1. The van der Waals surface area contributed by atoms with Crippen LogP contribution >= 0.6 is 0 Å². The van der Waals surface area contributed by atoms with E-state index in [1.165, 1.54) is 0 Å². The predicted octanol–water partition coefficient (Wildman–Crippen LogP) is 4.85. The van der Waals surface area contributed by atoms with Crippen LogP contribution in [0.15, 0.2) is 59.0 Å². The molecule has 0 bridgehead atoms. The smallest absolute Gasteiger partial charge is 0.177 e. The Hall–Kier alpha value is -2.94. The lowest BCUT2D eigenvalue weighted by atomic mass is 10.0. The molecule has 0 saturated heterocycles. The van der Waals surface area contributed by atoms with Crippen LogP contribution in [0.5, 0.6) is 5.75 Å². The number of rotatable bonds is 1. The Kier molecular flexibility index (Phi) is 2.63. The maximum Gasteiger partial charge on any atom is 0.177 e. The second-order valence-electron chi connectivity index (χ2n) is 5.57. The van der Waals surface area contributed by atoms with E-state index in [0.717, 1.165) is 27.5 Å². The first-order valence-corrected chi connectivity index (χ1v) is 7.14. The minimum atomic E-state index is 0.129. The van der Waals surface area contributed by atoms with E-state index >= 15 is 0 Å². The molecule has 0 radical (unpaired) electrons. The fraction of sp³-hybridized carbons (Fsp3) is 0.0526. The zero-order chi connectivity index (χ0) is 15.3. The number of hydrogen-bond acceptors (Lipinski definition) is 3. The summed E-state index contributed by atoms with van der Waals surface area (Å²) in [6, 6.07) is 17.6. The second-order valence-corrected chi connectivity index (χ2v) is 5.57. The summed E-state index contributed by atoms with van der Waals surface area (Å²) in [6.07, 6.45) is 0. The fourth-order valence-electron chi connectivity index (χ4n) is 2.94. The number of nitrogens with two attached hydrogens (primary N) is 1. The summed E-state index contributed by atoms with van der Waals surface area (Å²) < 4.78 is 5.78. The van der Waals surface area contributed by atoms with Crippen molar-refractivity contribution in [1.29, 1.82) is 0 Å². The number of aromatic hydroxyl groups is 1. The number of fused-ring (bicyclic) bond motifs is 3. The van der Waals surface area contributed by atoms with Gasteiger partial charge in [-0.2, -0.15) is 0 Å². The molecular weight excluding hydrogens is 274 g/mol. The molecule has 22 heavy (non-hydrogen) atoms. The average molecular weight is 289 g/mol.